The maximum Gasteiger partial charge on any atom is 0.261 e. The minimum absolute atomic E-state index is 0.00902. The molecule has 0 fully saturated rings. The number of amides is 1. The van der Waals surface area contributed by atoms with Crippen LogP contribution in [0.2, 0.25) is 10.0 Å². The summed E-state index contributed by atoms with van der Waals surface area (Å²) < 4.78 is 0. The Bertz CT molecular complexity index is 935. The van der Waals surface area contributed by atoms with Crippen LogP contribution < -0.4 is 10.7 Å². The van der Waals surface area contributed by atoms with Crippen LogP contribution in [-0.2, 0) is 0 Å². The molecule has 0 spiro atoms. The number of fused-ring (bicyclic) bond motifs is 1. The van der Waals surface area contributed by atoms with Crippen LogP contribution in [-0.4, -0.2) is 10.9 Å². The highest BCUT2D eigenvalue weighted by Crippen LogP contribution is 2.25. The first-order valence-electron chi connectivity index (χ1n) is 6.43. The zero-order valence-corrected chi connectivity index (χ0v) is 12.7. The summed E-state index contributed by atoms with van der Waals surface area (Å²) in [6.45, 7) is 0. The van der Waals surface area contributed by atoms with E-state index in [0.717, 1.165) is 0 Å². The topological polar surface area (TPSA) is 62.0 Å². The molecular weight excluding hydrogens is 323 g/mol. The van der Waals surface area contributed by atoms with Gasteiger partial charge >= 0.3 is 0 Å². The van der Waals surface area contributed by atoms with E-state index in [-0.39, 0.29) is 11.0 Å². The summed E-state index contributed by atoms with van der Waals surface area (Å²) in [5, 5.41) is 3.83. The number of para-hydroxylation sites is 1. The van der Waals surface area contributed by atoms with Crippen LogP contribution in [0.1, 0.15) is 10.4 Å². The summed E-state index contributed by atoms with van der Waals surface area (Å²) in [4.78, 5) is 27.6. The lowest BCUT2D eigenvalue weighted by molar-refractivity contribution is 0.102. The lowest BCUT2D eigenvalue weighted by Gasteiger charge is -2.08. The predicted octanol–water partition coefficient (Wildman–Crippen LogP) is 4.09. The van der Waals surface area contributed by atoms with Crippen molar-refractivity contribution in [1.29, 1.82) is 0 Å². The second-order valence-corrected chi connectivity index (χ2v) is 5.50. The molecule has 4 nitrogen and oxygen atoms in total. The quantitative estimate of drug-likeness (QED) is 0.742. The van der Waals surface area contributed by atoms with Gasteiger partial charge < -0.3 is 10.3 Å². The summed E-state index contributed by atoms with van der Waals surface area (Å²) in [6, 6.07) is 11.7. The molecular formula is C16H10Cl2N2O2. The summed E-state index contributed by atoms with van der Waals surface area (Å²) in [5.74, 6) is -0.545. The van der Waals surface area contributed by atoms with E-state index in [9.17, 15) is 9.59 Å². The van der Waals surface area contributed by atoms with Gasteiger partial charge in [0.25, 0.3) is 5.91 Å². The van der Waals surface area contributed by atoms with Crippen molar-refractivity contribution in [2.24, 2.45) is 0 Å². The number of benzene rings is 2. The SMILES string of the molecule is O=C(Nc1cc(Cl)ccc1Cl)c1c[nH]c2ccccc2c1=O. The fraction of sp³-hybridized carbons (Fsp3) is 0. The van der Waals surface area contributed by atoms with Crippen molar-refractivity contribution in [2.75, 3.05) is 5.32 Å². The van der Waals surface area contributed by atoms with E-state index in [4.69, 9.17) is 23.2 Å². The second-order valence-electron chi connectivity index (χ2n) is 4.66. The minimum Gasteiger partial charge on any atom is -0.360 e. The fourth-order valence-electron chi connectivity index (χ4n) is 2.12. The minimum atomic E-state index is -0.545. The Hall–Kier alpha value is -2.30. The number of H-pyrrole nitrogens is 1. The number of anilines is 1. The number of nitrogens with one attached hydrogen (secondary N) is 2. The third-order valence-corrected chi connectivity index (χ3v) is 3.77. The Labute approximate surface area is 135 Å². The zero-order chi connectivity index (χ0) is 15.7. The summed E-state index contributed by atoms with van der Waals surface area (Å²) in [7, 11) is 0. The van der Waals surface area contributed by atoms with Crippen LogP contribution in [0, 0.1) is 0 Å². The fourth-order valence-corrected chi connectivity index (χ4v) is 2.46. The number of carbonyl (C=O) groups is 1. The average molecular weight is 333 g/mol. The van der Waals surface area contributed by atoms with Crippen molar-refractivity contribution in [1.82, 2.24) is 4.98 Å². The molecule has 3 rings (SSSR count). The molecule has 22 heavy (non-hydrogen) atoms. The maximum absolute atomic E-state index is 12.4. The number of rotatable bonds is 2. The van der Waals surface area contributed by atoms with Crippen LogP contribution in [0.3, 0.4) is 0 Å². The number of hydrogen-bond acceptors (Lipinski definition) is 2. The van der Waals surface area contributed by atoms with Crippen LogP contribution >= 0.6 is 23.2 Å². The van der Waals surface area contributed by atoms with Gasteiger partial charge in [0.2, 0.25) is 5.43 Å². The number of aromatic nitrogens is 1. The van der Waals surface area contributed by atoms with Gasteiger partial charge in [0, 0.05) is 22.1 Å². The number of halogens is 2. The Morgan fingerprint density at radius 1 is 1.09 bits per heavy atom. The van der Waals surface area contributed by atoms with Gasteiger partial charge in [-0.15, -0.1) is 0 Å². The predicted molar refractivity (Wildman–Crippen MR) is 89.0 cm³/mol. The molecule has 110 valence electrons. The molecule has 0 aliphatic heterocycles. The van der Waals surface area contributed by atoms with Gasteiger partial charge in [0.1, 0.15) is 5.56 Å². The van der Waals surface area contributed by atoms with Crippen molar-refractivity contribution < 1.29 is 4.79 Å². The summed E-state index contributed by atoms with van der Waals surface area (Å²) in [6.07, 6.45) is 1.39. The number of carbonyl (C=O) groups excluding carboxylic acids is 1. The molecule has 1 heterocycles. The van der Waals surface area contributed by atoms with E-state index in [1.165, 1.54) is 12.3 Å². The highest BCUT2D eigenvalue weighted by atomic mass is 35.5. The zero-order valence-electron chi connectivity index (χ0n) is 11.2. The van der Waals surface area contributed by atoms with Gasteiger partial charge in [-0.2, -0.15) is 0 Å². The highest BCUT2D eigenvalue weighted by molar-refractivity contribution is 6.35. The van der Waals surface area contributed by atoms with Crippen LogP contribution in [0.5, 0.6) is 0 Å². The maximum atomic E-state index is 12.4. The van der Waals surface area contributed by atoms with Gasteiger partial charge in [-0.25, -0.2) is 0 Å². The van der Waals surface area contributed by atoms with E-state index in [1.807, 2.05) is 6.07 Å². The van der Waals surface area contributed by atoms with Gasteiger partial charge in [-0.1, -0.05) is 35.3 Å². The van der Waals surface area contributed by atoms with Gasteiger partial charge in [-0.05, 0) is 30.3 Å². The summed E-state index contributed by atoms with van der Waals surface area (Å²) in [5.41, 5.74) is 0.691. The molecule has 0 aliphatic rings. The molecule has 1 aromatic heterocycles. The number of hydrogen-bond donors (Lipinski definition) is 2. The van der Waals surface area contributed by atoms with E-state index < -0.39 is 5.91 Å². The van der Waals surface area contributed by atoms with Crippen molar-refractivity contribution in [3.05, 3.63) is 74.5 Å². The lowest BCUT2D eigenvalue weighted by atomic mass is 10.1. The second kappa shape index (κ2) is 5.83. The van der Waals surface area contributed by atoms with Crippen LogP contribution in [0.4, 0.5) is 5.69 Å². The van der Waals surface area contributed by atoms with Crippen molar-refractivity contribution in [2.45, 2.75) is 0 Å². The number of pyridine rings is 1. The molecule has 0 bridgehead atoms. The first-order valence-corrected chi connectivity index (χ1v) is 7.18. The molecule has 0 atom stereocenters. The third-order valence-electron chi connectivity index (χ3n) is 3.21. The van der Waals surface area contributed by atoms with E-state index >= 15 is 0 Å². The van der Waals surface area contributed by atoms with Crippen molar-refractivity contribution >= 4 is 45.7 Å². The normalized spacial score (nSPS) is 10.6. The molecule has 0 saturated heterocycles. The Kier molecular flexibility index (Phi) is 3.88. The Balaban J connectivity index is 2.01. The van der Waals surface area contributed by atoms with E-state index in [0.29, 0.717) is 26.6 Å². The molecule has 0 saturated carbocycles. The van der Waals surface area contributed by atoms with E-state index in [2.05, 4.69) is 10.3 Å². The molecule has 0 unspecified atom stereocenters. The monoisotopic (exact) mass is 332 g/mol. The molecule has 0 radical (unpaired) electrons. The molecule has 3 aromatic rings. The largest absolute Gasteiger partial charge is 0.360 e. The van der Waals surface area contributed by atoms with Crippen LogP contribution in [0.25, 0.3) is 10.9 Å². The summed E-state index contributed by atoms with van der Waals surface area (Å²) >= 11 is 11.9. The molecule has 6 heteroatoms. The Morgan fingerprint density at radius 3 is 2.68 bits per heavy atom. The first kappa shape index (κ1) is 14.6. The number of aromatic amines is 1. The smallest absolute Gasteiger partial charge is 0.261 e. The van der Waals surface area contributed by atoms with Crippen LogP contribution in [0.15, 0.2) is 53.5 Å². The molecule has 2 aromatic carbocycles. The molecule has 1 amide bonds. The first-order chi connectivity index (χ1) is 10.6. The standard InChI is InChI=1S/C16H10Cl2N2O2/c17-9-5-6-12(18)14(7-9)20-16(22)11-8-19-13-4-2-1-3-10(13)15(11)21/h1-8H,(H,19,21)(H,20,22). The van der Waals surface area contributed by atoms with Gasteiger partial charge in [0.15, 0.2) is 0 Å². The average Bonchev–Trinajstić information content (AvgIpc) is 2.51. The molecule has 0 aliphatic carbocycles. The van der Waals surface area contributed by atoms with Crippen molar-refractivity contribution in [3.8, 4) is 0 Å². The van der Waals surface area contributed by atoms with Gasteiger partial charge in [-0.3, -0.25) is 9.59 Å². The third kappa shape index (κ3) is 2.71. The lowest BCUT2D eigenvalue weighted by Crippen LogP contribution is -2.22. The van der Waals surface area contributed by atoms with Gasteiger partial charge in [0.05, 0.1) is 10.7 Å². The Morgan fingerprint density at radius 2 is 1.86 bits per heavy atom. The molecule has 2 N–H and O–H groups in total. The van der Waals surface area contributed by atoms with E-state index in [1.54, 1.807) is 30.3 Å². The van der Waals surface area contributed by atoms with Crippen molar-refractivity contribution in [3.63, 3.8) is 0 Å². The highest BCUT2D eigenvalue weighted by Gasteiger charge is 2.14.